The van der Waals surface area contributed by atoms with Crippen LogP contribution < -0.4 is 5.32 Å². The van der Waals surface area contributed by atoms with Crippen LogP contribution in [-0.2, 0) is 0 Å². The van der Waals surface area contributed by atoms with Gasteiger partial charge in [-0.15, -0.1) is 0 Å². The Morgan fingerprint density at radius 1 is 1.40 bits per heavy atom. The normalized spacial score (nSPS) is 18.6. The average Bonchev–Trinajstić information content (AvgIpc) is 2.52. The SMILES string of the molecule is CCNCC1CCN(C(C)c2cccc(C#N)c2)CC1. The van der Waals surface area contributed by atoms with Gasteiger partial charge >= 0.3 is 0 Å². The van der Waals surface area contributed by atoms with Gasteiger partial charge in [-0.25, -0.2) is 0 Å². The smallest absolute Gasteiger partial charge is 0.0991 e. The quantitative estimate of drug-likeness (QED) is 0.895. The standard InChI is InChI=1S/C17H25N3/c1-3-19-13-15-7-9-20(10-8-15)14(2)17-6-4-5-16(11-17)12-18/h4-6,11,14-15,19H,3,7-10,13H2,1-2H3. The van der Waals surface area contributed by atoms with Crippen LogP contribution in [0.25, 0.3) is 0 Å². The largest absolute Gasteiger partial charge is 0.317 e. The van der Waals surface area contributed by atoms with Crippen LogP contribution in [0.2, 0.25) is 0 Å². The van der Waals surface area contributed by atoms with Crippen LogP contribution in [0.15, 0.2) is 24.3 Å². The first-order chi connectivity index (χ1) is 9.74. The molecule has 0 saturated carbocycles. The summed E-state index contributed by atoms with van der Waals surface area (Å²) in [5.74, 6) is 0.823. The molecule has 0 aliphatic carbocycles. The highest BCUT2D eigenvalue weighted by Crippen LogP contribution is 2.26. The molecule has 0 bridgehead atoms. The number of piperidine rings is 1. The first-order valence-electron chi connectivity index (χ1n) is 7.69. The van der Waals surface area contributed by atoms with Gasteiger partial charge in [0.2, 0.25) is 0 Å². The summed E-state index contributed by atoms with van der Waals surface area (Å²) < 4.78 is 0. The summed E-state index contributed by atoms with van der Waals surface area (Å²) in [7, 11) is 0. The molecule has 1 aliphatic heterocycles. The number of nitriles is 1. The Balaban J connectivity index is 1.91. The van der Waals surface area contributed by atoms with Crippen molar-refractivity contribution in [3.8, 4) is 6.07 Å². The van der Waals surface area contributed by atoms with Gasteiger partial charge in [-0.05, 0) is 69.6 Å². The van der Waals surface area contributed by atoms with Crippen molar-refractivity contribution in [2.45, 2.75) is 32.7 Å². The number of hydrogen-bond acceptors (Lipinski definition) is 3. The molecule has 1 aromatic carbocycles. The van der Waals surface area contributed by atoms with E-state index in [0.717, 1.165) is 37.7 Å². The van der Waals surface area contributed by atoms with Crippen molar-refractivity contribution in [3.05, 3.63) is 35.4 Å². The van der Waals surface area contributed by atoms with E-state index in [9.17, 15) is 0 Å². The highest BCUT2D eigenvalue weighted by Gasteiger charge is 2.23. The van der Waals surface area contributed by atoms with E-state index >= 15 is 0 Å². The average molecular weight is 271 g/mol. The summed E-state index contributed by atoms with van der Waals surface area (Å²) in [6, 6.07) is 10.7. The third kappa shape index (κ3) is 3.82. The lowest BCUT2D eigenvalue weighted by Gasteiger charge is -2.36. The Bertz CT molecular complexity index is 456. The molecule has 1 saturated heterocycles. The molecule has 1 aliphatic rings. The zero-order chi connectivity index (χ0) is 14.4. The van der Waals surface area contributed by atoms with E-state index in [1.54, 1.807) is 0 Å². The number of nitrogens with zero attached hydrogens (tertiary/aromatic N) is 2. The summed E-state index contributed by atoms with van der Waals surface area (Å²) >= 11 is 0. The first-order valence-corrected chi connectivity index (χ1v) is 7.69. The zero-order valence-electron chi connectivity index (χ0n) is 12.6. The van der Waals surface area contributed by atoms with Crippen molar-refractivity contribution in [1.82, 2.24) is 10.2 Å². The Kier molecular flexibility index (Phi) is 5.58. The number of benzene rings is 1. The van der Waals surface area contributed by atoms with E-state index in [1.807, 2.05) is 18.2 Å². The Morgan fingerprint density at radius 3 is 2.80 bits per heavy atom. The monoisotopic (exact) mass is 271 g/mol. The van der Waals surface area contributed by atoms with Crippen LogP contribution in [0.1, 0.15) is 43.9 Å². The van der Waals surface area contributed by atoms with E-state index in [-0.39, 0.29) is 0 Å². The molecule has 0 radical (unpaired) electrons. The van der Waals surface area contributed by atoms with E-state index in [0.29, 0.717) is 6.04 Å². The molecule has 1 fully saturated rings. The molecule has 2 rings (SSSR count). The molecule has 20 heavy (non-hydrogen) atoms. The molecule has 1 aromatic rings. The predicted molar refractivity (Wildman–Crippen MR) is 82.4 cm³/mol. The number of hydrogen-bond donors (Lipinski definition) is 1. The van der Waals surface area contributed by atoms with Gasteiger partial charge < -0.3 is 5.32 Å². The lowest BCUT2D eigenvalue weighted by atomic mass is 9.94. The molecular weight excluding hydrogens is 246 g/mol. The van der Waals surface area contributed by atoms with E-state index in [1.165, 1.54) is 18.4 Å². The van der Waals surface area contributed by atoms with Crippen molar-refractivity contribution in [3.63, 3.8) is 0 Å². The Morgan fingerprint density at radius 2 is 2.15 bits per heavy atom. The van der Waals surface area contributed by atoms with Crippen LogP contribution in [0.4, 0.5) is 0 Å². The lowest BCUT2D eigenvalue weighted by molar-refractivity contribution is 0.140. The molecule has 0 aromatic heterocycles. The van der Waals surface area contributed by atoms with Crippen LogP contribution in [0, 0.1) is 17.2 Å². The summed E-state index contributed by atoms with van der Waals surface area (Å²) in [5.41, 5.74) is 2.02. The van der Waals surface area contributed by atoms with E-state index in [4.69, 9.17) is 5.26 Å². The minimum Gasteiger partial charge on any atom is -0.317 e. The van der Waals surface area contributed by atoms with Crippen LogP contribution in [0.5, 0.6) is 0 Å². The van der Waals surface area contributed by atoms with Crippen molar-refractivity contribution in [2.24, 2.45) is 5.92 Å². The molecular formula is C17H25N3. The highest BCUT2D eigenvalue weighted by atomic mass is 15.2. The van der Waals surface area contributed by atoms with Gasteiger partial charge in [0.15, 0.2) is 0 Å². The van der Waals surface area contributed by atoms with E-state index < -0.39 is 0 Å². The third-order valence-electron chi connectivity index (χ3n) is 4.38. The van der Waals surface area contributed by atoms with Gasteiger partial charge in [0.05, 0.1) is 11.6 Å². The third-order valence-corrected chi connectivity index (χ3v) is 4.38. The van der Waals surface area contributed by atoms with Crippen molar-refractivity contribution < 1.29 is 0 Å². The lowest BCUT2D eigenvalue weighted by Crippen LogP contribution is -2.38. The van der Waals surface area contributed by atoms with Gasteiger partial charge in [0, 0.05) is 6.04 Å². The molecule has 0 spiro atoms. The van der Waals surface area contributed by atoms with Gasteiger partial charge in [0.25, 0.3) is 0 Å². The number of likely N-dealkylation sites (tertiary alicyclic amines) is 1. The summed E-state index contributed by atoms with van der Waals surface area (Å²) in [4.78, 5) is 2.54. The molecule has 0 amide bonds. The fourth-order valence-electron chi connectivity index (χ4n) is 2.97. The number of rotatable bonds is 5. The molecule has 1 atom stereocenters. The molecule has 1 heterocycles. The Labute approximate surface area is 122 Å². The second kappa shape index (κ2) is 7.42. The van der Waals surface area contributed by atoms with Crippen molar-refractivity contribution >= 4 is 0 Å². The van der Waals surface area contributed by atoms with Gasteiger partial charge in [0.1, 0.15) is 0 Å². The summed E-state index contributed by atoms with van der Waals surface area (Å²) in [6.45, 7) is 8.96. The molecule has 108 valence electrons. The maximum atomic E-state index is 9.00. The molecule has 3 nitrogen and oxygen atoms in total. The fourth-order valence-corrected chi connectivity index (χ4v) is 2.97. The van der Waals surface area contributed by atoms with E-state index in [2.05, 4.69) is 36.2 Å². The van der Waals surface area contributed by atoms with Gasteiger partial charge in [-0.1, -0.05) is 19.1 Å². The second-order valence-corrected chi connectivity index (χ2v) is 5.70. The summed E-state index contributed by atoms with van der Waals surface area (Å²) in [5, 5.41) is 12.5. The number of nitrogens with one attached hydrogen (secondary N) is 1. The molecule has 1 unspecified atom stereocenters. The minimum absolute atomic E-state index is 0.406. The van der Waals surface area contributed by atoms with Crippen LogP contribution in [-0.4, -0.2) is 31.1 Å². The summed E-state index contributed by atoms with van der Waals surface area (Å²) in [6.07, 6.45) is 2.55. The predicted octanol–water partition coefficient (Wildman–Crippen LogP) is 2.94. The topological polar surface area (TPSA) is 39.1 Å². The van der Waals surface area contributed by atoms with Crippen LogP contribution in [0.3, 0.4) is 0 Å². The highest BCUT2D eigenvalue weighted by molar-refractivity contribution is 5.34. The van der Waals surface area contributed by atoms with Gasteiger partial charge in [-0.2, -0.15) is 5.26 Å². The minimum atomic E-state index is 0.406. The van der Waals surface area contributed by atoms with Crippen molar-refractivity contribution in [1.29, 1.82) is 5.26 Å². The fraction of sp³-hybridized carbons (Fsp3) is 0.588. The first kappa shape index (κ1) is 15.0. The second-order valence-electron chi connectivity index (χ2n) is 5.70. The van der Waals surface area contributed by atoms with Gasteiger partial charge in [-0.3, -0.25) is 4.90 Å². The maximum Gasteiger partial charge on any atom is 0.0991 e. The van der Waals surface area contributed by atoms with Crippen LogP contribution >= 0.6 is 0 Å². The Hall–Kier alpha value is -1.37. The van der Waals surface area contributed by atoms with Crippen molar-refractivity contribution in [2.75, 3.05) is 26.2 Å². The molecule has 1 N–H and O–H groups in total. The molecule has 3 heteroatoms. The maximum absolute atomic E-state index is 9.00. The zero-order valence-corrected chi connectivity index (χ0v) is 12.6.